The van der Waals surface area contributed by atoms with Crippen molar-refractivity contribution in [1.29, 1.82) is 0 Å². The van der Waals surface area contributed by atoms with Crippen molar-refractivity contribution in [2.24, 2.45) is 0 Å². The van der Waals surface area contributed by atoms with Crippen LogP contribution in [0.25, 0.3) is 0 Å². The summed E-state index contributed by atoms with van der Waals surface area (Å²) in [5.41, 5.74) is 3.01. The Kier molecular flexibility index (Phi) is 3.61. The Morgan fingerprint density at radius 3 is 2.00 bits per heavy atom. The molecule has 0 saturated carbocycles. The maximum absolute atomic E-state index is 7.09. The van der Waals surface area contributed by atoms with E-state index in [1.54, 1.807) is 0 Å². The fourth-order valence-corrected chi connectivity index (χ4v) is 9.03. The first-order chi connectivity index (χ1) is 12.4. The van der Waals surface area contributed by atoms with E-state index in [4.69, 9.17) is 4.43 Å². The third-order valence-corrected chi connectivity index (χ3v) is 10.2. The minimum atomic E-state index is -2.16. The molecule has 0 spiro atoms. The molecule has 0 amide bonds. The Labute approximate surface area is 150 Å². The molecule has 2 heteroatoms. The second-order valence-electron chi connectivity index (χ2n) is 7.26. The summed E-state index contributed by atoms with van der Waals surface area (Å²) >= 11 is 0. The van der Waals surface area contributed by atoms with Gasteiger partial charge in [-0.3, -0.25) is 0 Å². The van der Waals surface area contributed by atoms with E-state index in [0.717, 1.165) is 12.5 Å². The van der Waals surface area contributed by atoms with Gasteiger partial charge in [0.25, 0.3) is 8.32 Å². The lowest BCUT2D eigenvalue weighted by atomic mass is 9.97. The minimum Gasteiger partial charge on any atom is -0.404 e. The Balaban J connectivity index is 1.59. The molecule has 124 valence electrons. The van der Waals surface area contributed by atoms with Crippen LogP contribution in [0, 0.1) is 0 Å². The van der Waals surface area contributed by atoms with Crippen LogP contribution in [-0.4, -0.2) is 14.4 Å². The maximum atomic E-state index is 7.09. The number of benzene rings is 3. The van der Waals surface area contributed by atoms with Crippen LogP contribution in [0.2, 0.25) is 6.04 Å². The SMILES string of the molecule is c1ccc([Si]2(c3ccccc3)CC[C@@H]3c4ccccc4C[C@@H]3O2)cc1. The molecule has 0 aromatic heterocycles. The van der Waals surface area contributed by atoms with E-state index in [0.29, 0.717) is 12.0 Å². The molecule has 0 bridgehead atoms. The highest BCUT2D eigenvalue weighted by Gasteiger charge is 2.49. The van der Waals surface area contributed by atoms with Crippen LogP contribution in [0.5, 0.6) is 0 Å². The van der Waals surface area contributed by atoms with E-state index in [-0.39, 0.29) is 0 Å². The van der Waals surface area contributed by atoms with Crippen LogP contribution in [0.15, 0.2) is 84.9 Å². The Morgan fingerprint density at radius 1 is 0.720 bits per heavy atom. The first kappa shape index (κ1) is 15.1. The standard InChI is InChI=1S/C23H22OSi/c1-3-10-19(11-4-1)25(20-12-5-2-6-13-20)16-15-22-21-14-8-7-9-18(21)17-23(22)24-25/h1-14,22-23H,15-17H2/t22-,23+/m1/s1. The number of rotatable bonds is 2. The number of hydrogen-bond donors (Lipinski definition) is 0. The molecule has 1 heterocycles. The molecule has 1 nitrogen and oxygen atoms in total. The van der Waals surface area contributed by atoms with Crippen LogP contribution in [0.3, 0.4) is 0 Å². The number of hydrogen-bond acceptors (Lipinski definition) is 1. The fourth-order valence-electron chi connectivity index (χ4n) is 4.79. The first-order valence-electron chi connectivity index (χ1n) is 9.23. The largest absolute Gasteiger partial charge is 0.404 e. The van der Waals surface area contributed by atoms with Gasteiger partial charge in [-0.05, 0) is 40.4 Å². The van der Waals surface area contributed by atoms with E-state index in [1.807, 2.05) is 0 Å². The molecule has 1 aliphatic heterocycles. The van der Waals surface area contributed by atoms with Gasteiger partial charge in [0.1, 0.15) is 0 Å². The summed E-state index contributed by atoms with van der Waals surface area (Å²) in [4.78, 5) is 0. The summed E-state index contributed by atoms with van der Waals surface area (Å²) < 4.78 is 7.09. The van der Waals surface area contributed by atoms with Crippen molar-refractivity contribution in [3.8, 4) is 0 Å². The van der Waals surface area contributed by atoms with Gasteiger partial charge in [0.05, 0.1) is 6.10 Å². The van der Waals surface area contributed by atoms with Crippen molar-refractivity contribution in [2.45, 2.75) is 30.9 Å². The molecule has 1 saturated heterocycles. The molecule has 2 aliphatic rings. The molecule has 0 unspecified atom stereocenters. The zero-order valence-electron chi connectivity index (χ0n) is 14.3. The van der Waals surface area contributed by atoms with Crippen LogP contribution in [0.1, 0.15) is 23.5 Å². The van der Waals surface area contributed by atoms with Crippen LogP contribution in [0.4, 0.5) is 0 Å². The molecule has 3 aromatic rings. The van der Waals surface area contributed by atoms with Gasteiger partial charge in [0, 0.05) is 5.92 Å². The predicted molar refractivity (Wildman–Crippen MR) is 105 cm³/mol. The van der Waals surface area contributed by atoms with E-state index in [1.165, 1.54) is 27.9 Å². The van der Waals surface area contributed by atoms with Crippen molar-refractivity contribution < 1.29 is 4.43 Å². The third kappa shape index (κ3) is 2.40. The van der Waals surface area contributed by atoms with Gasteiger partial charge in [0.2, 0.25) is 0 Å². The lowest BCUT2D eigenvalue weighted by molar-refractivity contribution is 0.156. The van der Waals surface area contributed by atoms with Crippen molar-refractivity contribution in [1.82, 2.24) is 0 Å². The molecule has 5 rings (SSSR count). The average molecular weight is 343 g/mol. The van der Waals surface area contributed by atoms with E-state index in [2.05, 4.69) is 84.9 Å². The molecule has 25 heavy (non-hydrogen) atoms. The summed E-state index contributed by atoms with van der Waals surface area (Å²) in [5, 5.41) is 2.83. The third-order valence-electron chi connectivity index (χ3n) is 5.96. The van der Waals surface area contributed by atoms with Crippen LogP contribution >= 0.6 is 0 Å². The van der Waals surface area contributed by atoms with Crippen LogP contribution < -0.4 is 10.4 Å². The van der Waals surface area contributed by atoms with Crippen molar-refractivity contribution >= 4 is 18.7 Å². The smallest absolute Gasteiger partial charge is 0.256 e. The van der Waals surface area contributed by atoms with Gasteiger partial charge < -0.3 is 4.43 Å². The summed E-state index contributed by atoms with van der Waals surface area (Å²) in [7, 11) is -2.16. The minimum absolute atomic E-state index is 0.332. The molecule has 3 aromatic carbocycles. The summed E-state index contributed by atoms with van der Waals surface area (Å²) in [5.74, 6) is 0.573. The van der Waals surface area contributed by atoms with Crippen LogP contribution in [-0.2, 0) is 10.8 Å². The van der Waals surface area contributed by atoms with E-state index >= 15 is 0 Å². The monoisotopic (exact) mass is 342 g/mol. The van der Waals surface area contributed by atoms with Crippen molar-refractivity contribution in [2.75, 3.05) is 0 Å². The summed E-state index contributed by atoms with van der Waals surface area (Å²) in [6, 6.07) is 32.1. The molecular formula is C23H22OSi. The van der Waals surface area contributed by atoms with Gasteiger partial charge in [-0.1, -0.05) is 84.9 Å². The lowest BCUT2D eigenvalue weighted by Crippen LogP contribution is -2.64. The topological polar surface area (TPSA) is 9.23 Å². The van der Waals surface area contributed by atoms with E-state index < -0.39 is 8.32 Å². The number of fused-ring (bicyclic) bond motifs is 3. The highest BCUT2D eigenvalue weighted by Crippen LogP contribution is 2.44. The Bertz CT molecular complexity index is 835. The van der Waals surface area contributed by atoms with Crippen molar-refractivity contribution in [3.05, 3.63) is 96.1 Å². The average Bonchev–Trinajstić information content (AvgIpc) is 3.06. The second kappa shape index (κ2) is 5.97. The quantitative estimate of drug-likeness (QED) is 0.642. The maximum Gasteiger partial charge on any atom is 0.256 e. The van der Waals surface area contributed by atoms with Gasteiger partial charge in [-0.2, -0.15) is 0 Å². The van der Waals surface area contributed by atoms with Gasteiger partial charge in [-0.25, -0.2) is 0 Å². The molecule has 0 N–H and O–H groups in total. The highest BCUT2D eigenvalue weighted by atomic mass is 28.4. The summed E-state index contributed by atoms with van der Waals surface area (Å²) in [6.45, 7) is 0. The van der Waals surface area contributed by atoms with Gasteiger partial charge in [0.15, 0.2) is 0 Å². The van der Waals surface area contributed by atoms with Gasteiger partial charge >= 0.3 is 0 Å². The molecule has 1 aliphatic carbocycles. The fraction of sp³-hybridized carbons (Fsp3) is 0.217. The zero-order chi connectivity index (χ0) is 16.7. The Hall–Kier alpha value is -2.16. The highest BCUT2D eigenvalue weighted by molar-refractivity contribution is 6.97. The predicted octanol–water partition coefficient (Wildman–Crippen LogP) is 3.88. The molecule has 1 fully saturated rings. The zero-order valence-corrected chi connectivity index (χ0v) is 15.3. The van der Waals surface area contributed by atoms with Gasteiger partial charge in [-0.15, -0.1) is 0 Å². The molecule has 2 atom stereocenters. The first-order valence-corrected chi connectivity index (χ1v) is 11.3. The Morgan fingerprint density at radius 2 is 1.32 bits per heavy atom. The second-order valence-corrected chi connectivity index (χ2v) is 10.8. The lowest BCUT2D eigenvalue weighted by Gasteiger charge is -2.42. The van der Waals surface area contributed by atoms with Crippen molar-refractivity contribution in [3.63, 3.8) is 0 Å². The van der Waals surface area contributed by atoms with E-state index in [9.17, 15) is 0 Å². The molecule has 0 radical (unpaired) electrons. The normalized spacial score (nSPS) is 23.7. The summed E-state index contributed by atoms with van der Waals surface area (Å²) in [6.07, 6.45) is 2.63. The molecular weight excluding hydrogens is 320 g/mol.